The zero-order chi connectivity index (χ0) is 14.1. The van der Waals surface area contributed by atoms with E-state index in [1.807, 2.05) is 38.1 Å². The minimum absolute atomic E-state index is 0.0544. The van der Waals surface area contributed by atoms with Crippen molar-refractivity contribution in [2.24, 2.45) is 0 Å². The lowest BCUT2D eigenvalue weighted by atomic mass is 9.97. The van der Waals surface area contributed by atoms with Crippen molar-refractivity contribution in [3.8, 4) is 5.75 Å². The first-order valence-electron chi connectivity index (χ1n) is 6.89. The van der Waals surface area contributed by atoms with Crippen LogP contribution >= 0.6 is 0 Å². The molecule has 3 heteroatoms. The van der Waals surface area contributed by atoms with Crippen molar-refractivity contribution < 1.29 is 9.53 Å². The normalized spacial score (nSPS) is 13.5. The number of aromatic nitrogens is 1. The fraction of sp³-hybridized carbons (Fsp3) is 0.294. The molecule has 0 saturated carbocycles. The van der Waals surface area contributed by atoms with Crippen molar-refractivity contribution in [1.82, 2.24) is 4.98 Å². The number of carbonyl (C=O) groups excluding carboxylic acids is 1. The van der Waals surface area contributed by atoms with E-state index in [0.717, 1.165) is 35.3 Å². The maximum Gasteiger partial charge on any atom is 0.215 e. The maximum atomic E-state index is 12.7. The minimum Gasteiger partial charge on any atom is -0.493 e. The van der Waals surface area contributed by atoms with Crippen LogP contribution in [0.5, 0.6) is 5.75 Å². The number of pyridine rings is 1. The van der Waals surface area contributed by atoms with Crippen LogP contribution < -0.4 is 4.74 Å². The third-order valence-corrected chi connectivity index (χ3v) is 3.61. The van der Waals surface area contributed by atoms with Gasteiger partial charge in [-0.15, -0.1) is 0 Å². The summed E-state index contributed by atoms with van der Waals surface area (Å²) in [6.07, 6.45) is 3.71. The van der Waals surface area contributed by atoms with Gasteiger partial charge < -0.3 is 4.74 Å². The van der Waals surface area contributed by atoms with Gasteiger partial charge in [0.2, 0.25) is 5.78 Å². The average molecular weight is 267 g/mol. The number of para-hydroxylation sites is 1. The molecule has 0 N–H and O–H groups in total. The number of hydrogen-bond acceptors (Lipinski definition) is 3. The van der Waals surface area contributed by atoms with E-state index in [0.29, 0.717) is 17.9 Å². The predicted octanol–water partition coefficient (Wildman–Crippen LogP) is 3.25. The molecule has 3 rings (SSSR count). The van der Waals surface area contributed by atoms with E-state index < -0.39 is 0 Å². The van der Waals surface area contributed by atoms with E-state index in [2.05, 4.69) is 4.98 Å². The molecule has 102 valence electrons. The lowest BCUT2D eigenvalue weighted by Crippen LogP contribution is -2.14. The Kier molecular flexibility index (Phi) is 3.26. The van der Waals surface area contributed by atoms with E-state index in [-0.39, 0.29) is 5.78 Å². The first-order valence-corrected chi connectivity index (χ1v) is 6.89. The van der Waals surface area contributed by atoms with Gasteiger partial charge in [-0.05, 0) is 49.4 Å². The van der Waals surface area contributed by atoms with Crippen LogP contribution in [0.15, 0.2) is 30.5 Å². The van der Waals surface area contributed by atoms with Crippen molar-refractivity contribution in [3.63, 3.8) is 0 Å². The van der Waals surface area contributed by atoms with Crippen molar-refractivity contribution >= 4 is 5.78 Å². The second kappa shape index (κ2) is 5.08. The summed E-state index contributed by atoms with van der Waals surface area (Å²) < 4.78 is 5.71. The summed E-state index contributed by atoms with van der Waals surface area (Å²) in [5.74, 6) is 0.687. The molecule has 0 amide bonds. The summed E-state index contributed by atoms with van der Waals surface area (Å²) in [7, 11) is 0. The largest absolute Gasteiger partial charge is 0.493 e. The highest BCUT2D eigenvalue weighted by molar-refractivity contribution is 6.10. The van der Waals surface area contributed by atoms with E-state index in [1.165, 1.54) is 0 Å². The Balaban J connectivity index is 2.07. The molecule has 3 nitrogen and oxygen atoms in total. The van der Waals surface area contributed by atoms with Crippen LogP contribution in [0.25, 0.3) is 0 Å². The van der Waals surface area contributed by atoms with Gasteiger partial charge in [0.25, 0.3) is 0 Å². The summed E-state index contributed by atoms with van der Waals surface area (Å²) in [5.41, 5.74) is 4.22. The van der Waals surface area contributed by atoms with Gasteiger partial charge in [0, 0.05) is 6.20 Å². The minimum atomic E-state index is -0.0544. The Bertz CT molecular complexity index is 677. The first-order chi connectivity index (χ1) is 9.66. The fourth-order valence-electron chi connectivity index (χ4n) is 2.65. The Morgan fingerprint density at radius 1 is 1.30 bits per heavy atom. The third-order valence-electron chi connectivity index (χ3n) is 3.61. The Labute approximate surface area is 118 Å². The van der Waals surface area contributed by atoms with E-state index in [4.69, 9.17) is 4.74 Å². The molecule has 0 aliphatic carbocycles. The van der Waals surface area contributed by atoms with Crippen LogP contribution in [-0.4, -0.2) is 17.4 Å². The lowest BCUT2D eigenvalue weighted by molar-refractivity contribution is 0.102. The summed E-state index contributed by atoms with van der Waals surface area (Å²) in [5, 5.41) is 0. The number of ether oxygens (including phenoxy) is 1. The van der Waals surface area contributed by atoms with Crippen LogP contribution in [0.1, 0.15) is 39.2 Å². The molecule has 0 atom stereocenters. The number of hydrogen-bond donors (Lipinski definition) is 0. The molecule has 2 aromatic rings. The van der Waals surface area contributed by atoms with Gasteiger partial charge in [0.1, 0.15) is 11.4 Å². The number of nitrogens with zero attached hydrogens (tertiary/aromatic N) is 1. The molecule has 1 aliphatic heterocycles. The van der Waals surface area contributed by atoms with Crippen LogP contribution in [0.2, 0.25) is 0 Å². The second-order valence-electron chi connectivity index (χ2n) is 5.25. The van der Waals surface area contributed by atoms with Crippen molar-refractivity contribution in [3.05, 3.63) is 58.4 Å². The molecule has 1 aromatic heterocycles. The van der Waals surface area contributed by atoms with Gasteiger partial charge >= 0.3 is 0 Å². The zero-order valence-corrected chi connectivity index (χ0v) is 11.8. The molecule has 2 heterocycles. The number of fused-ring (bicyclic) bond motifs is 1. The molecule has 1 aliphatic rings. The summed E-state index contributed by atoms with van der Waals surface area (Å²) in [4.78, 5) is 17.0. The first kappa shape index (κ1) is 12.9. The SMILES string of the molecule is Cc1cnc(C(=O)c2cccc3c2OCCC3)c(C)c1. The molecule has 20 heavy (non-hydrogen) atoms. The maximum absolute atomic E-state index is 12.7. The monoisotopic (exact) mass is 267 g/mol. The summed E-state index contributed by atoms with van der Waals surface area (Å²) in [6.45, 7) is 4.57. The highest BCUT2D eigenvalue weighted by Crippen LogP contribution is 2.30. The van der Waals surface area contributed by atoms with Gasteiger partial charge in [0.15, 0.2) is 0 Å². The molecule has 0 unspecified atom stereocenters. The number of benzene rings is 1. The number of rotatable bonds is 2. The molecule has 0 radical (unpaired) electrons. The van der Waals surface area contributed by atoms with Gasteiger partial charge in [-0.2, -0.15) is 0 Å². The highest BCUT2D eigenvalue weighted by atomic mass is 16.5. The zero-order valence-electron chi connectivity index (χ0n) is 11.8. The topological polar surface area (TPSA) is 39.2 Å². The smallest absolute Gasteiger partial charge is 0.215 e. The number of aryl methyl sites for hydroxylation is 3. The molecule has 0 fully saturated rings. The molecule has 0 saturated heterocycles. The molecule has 0 bridgehead atoms. The standard InChI is InChI=1S/C17H17NO2/c1-11-9-12(2)15(18-10-11)16(19)14-7-3-5-13-6-4-8-20-17(13)14/h3,5,7,9-10H,4,6,8H2,1-2H3. The fourth-order valence-corrected chi connectivity index (χ4v) is 2.65. The van der Waals surface area contributed by atoms with Gasteiger partial charge in [-0.25, -0.2) is 0 Å². The van der Waals surface area contributed by atoms with Gasteiger partial charge in [-0.1, -0.05) is 18.2 Å². The number of ketones is 1. The molecule has 0 spiro atoms. The lowest BCUT2D eigenvalue weighted by Gasteiger charge is -2.19. The third kappa shape index (κ3) is 2.20. The van der Waals surface area contributed by atoms with E-state index in [1.54, 1.807) is 6.20 Å². The molecule has 1 aromatic carbocycles. The quantitative estimate of drug-likeness (QED) is 0.784. The van der Waals surface area contributed by atoms with Crippen molar-refractivity contribution in [2.75, 3.05) is 6.61 Å². The number of carbonyl (C=O) groups is 1. The van der Waals surface area contributed by atoms with E-state index in [9.17, 15) is 4.79 Å². The van der Waals surface area contributed by atoms with Crippen LogP contribution in [0.3, 0.4) is 0 Å². The van der Waals surface area contributed by atoms with Crippen molar-refractivity contribution in [1.29, 1.82) is 0 Å². The van der Waals surface area contributed by atoms with Gasteiger partial charge in [0.05, 0.1) is 12.2 Å². The average Bonchev–Trinajstić information content (AvgIpc) is 2.46. The van der Waals surface area contributed by atoms with Crippen molar-refractivity contribution in [2.45, 2.75) is 26.7 Å². The molecular weight excluding hydrogens is 250 g/mol. The Morgan fingerprint density at radius 2 is 2.15 bits per heavy atom. The Hall–Kier alpha value is -2.16. The second-order valence-corrected chi connectivity index (χ2v) is 5.25. The van der Waals surface area contributed by atoms with Crippen LogP contribution in [-0.2, 0) is 6.42 Å². The predicted molar refractivity (Wildman–Crippen MR) is 77.4 cm³/mol. The van der Waals surface area contributed by atoms with Crippen LogP contribution in [0, 0.1) is 13.8 Å². The van der Waals surface area contributed by atoms with Gasteiger partial charge in [-0.3, -0.25) is 9.78 Å². The summed E-state index contributed by atoms with van der Waals surface area (Å²) >= 11 is 0. The molecular formula is C17H17NO2. The highest BCUT2D eigenvalue weighted by Gasteiger charge is 2.22. The summed E-state index contributed by atoms with van der Waals surface area (Å²) in [6, 6.07) is 7.76. The van der Waals surface area contributed by atoms with E-state index >= 15 is 0 Å². The Morgan fingerprint density at radius 3 is 2.95 bits per heavy atom. The van der Waals surface area contributed by atoms with Crippen LogP contribution in [0.4, 0.5) is 0 Å².